The van der Waals surface area contributed by atoms with Gasteiger partial charge in [0.25, 0.3) is 0 Å². The highest BCUT2D eigenvalue weighted by molar-refractivity contribution is 6.05. The fraction of sp³-hybridized carbons (Fsp3) is 0.500. The van der Waals surface area contributed by atoms with Gasteiger partial charge in [-0.05, 0) is 69.6 Å². The van der Waals surface area contributed by atoms with E-state index in [0.717, 1.165) is 50.3 Å². The Kier molecular flexibility index (Phi) is 7.32. The molecule has 0 amide bonds. The lowest BCUT2D eigenvalue weighted by atomic mass is 9.78. The van der Waals surface area contributed by atoms with E-state index >= 15 is 0 Å². The second-order valence-electron chi connectivity index (χ2n) is 8.57. The molecule has 0 saturated carbocycles. The first-order valence-electron chi connectivity index (χ1n) is 11.1. The molecule has 0 bridgehead atoms. The topological polar surface area (TPSA) is 32.8 Å². The van der Waals surface area contributed by atoms with Gasteiger partial charge in [-0.2, -0.15) is 0 Å². The molecular weight excluding hydrogens is 372 g/mol. The van der Waals surface area contributed by atoms with Crippen molar-refractivity contribution in [2.24, 2.45) is 0 Å². The lowest BCUT2D eigenvalue weighted by Gasteiger charge is -2.39. The number of Topliss-reactive ketones (excluding diaryl/α,β-unsaturated/α-hetero) is 1. The number of rotatable bonds is 8. The zero-order valence-corrected chi connectivity index (χ0v) is 19.2. The van der Waals surface area contributed by atoms with Crippen LogP contribution in [0.25, 0.3) is 0 Å². The predicted octanol–water partition coefficient (Wildman–Crippen LogP) is 4.53. The zero-order chi connectivity index (χ0) is 21.7. The Morgan fingerprint density at radius 3 is 2.30 bits per heavy atom. The molecule has 30 heavy (non-hydrogen) atoms. The minimum atomic E-state index is -0.556. The summed E-state index contributed by atoms with van der Waals surface area (Å²) >= 11 is 0. The van der Waals surface area contributed by atoms with Crippen LogP contribution in [0, 0.1) is 6.92 Å². The molecule has 4 heteroatoms. The van der Waals surface area contributed by atoms with E-state index in [1.54, 1.807) is 0 Å². The number of carbonyl (C=O) groups excluding carboxylic acids is 1. The maximum absolute atomic E-state index is 14.0. The van der Waals surface area contributed by atoms with Gasteiger partial charge >= 0.3 is 0 Å². The summed E-state index contributed by atoms with van der Waals surface area (Å²) in [6.07, 6.45) is 2.32. The minimum absolute atomic E-state index is 0.223. The van der Waals surface area contributed by atoms with Gasteiger partial charge in [0.2, 0.25) is 0 Å². The Bertz CT molecular complexity index is 854. The maximum atomic E-state index is 14.0. The summed E-state index contributed by atoms with van der Waals surface area (Å²) in [5.74, 6) is 0.223. The summed E-state index contributed by atoms with van der Waals surface area (Å²) < 4.78 is 5.49. The fourth-order valence-corrected chi connectivity index (χ4v) is 4.45. The first-order chi connectivity index (χ1) is 14.4. The third-order valence-electron chi connectivity index (χ3n) is 6.57. The number of ketones is 1. The summed E-state index contributed by atoms with van der Waals surface area (Å²) in [5, 5.41) is 0. The summed E-state index contributed by atoms with van der Waals surface area (Å²) in [4.78, 5) is 18.5. The Morgan fingerprint density at radius 1 is 1.07 bits per heavy atom. The SMILES string of the molecule is CCc1cc(N2CCOCC2)ccc1C(=O)C(CC)(Cc1ccc(C)cc1)N(C)C. The molecule has 0 aliphatic carbocycles. The zero-order valence-electron chi connectivity index (χ0n) is 19.2. The number of anilines is 1. The number of hydrogen-bond donors (Lipinski definition) is 0. The van der Waals surface area contributed by atoms with Crippen molar-refractivity contribution >= 4 is 11.5 Å². The van der Waals surface area contributed by atoms with E-state index in [1.165, 1.54) is 16.8 Å². The van der Waals surface area contributed by atoms with Crippen molar-refractivity contribution in [2.45, 2.75) is 45.6 Å². The van der Waals surface area contributed by atoms with Gasteiger partial charge in [0, 0.05) is 24.3 Å². The number of nitrogens with zero attached hydrogens (tertiary/aromatic N) is 2. The number of morpholine rings is 1. The highest BCUT2D eigenvalue weighted by Crippen LogP contribution is 2.31. The molecule has 1 saturated heterocycles. The maximum Gasteiger partial charge on any atom is 0.183 e. The molecule has 2 aromatic carbocycles. The van der Waals surface area contributed by atoms with E-state index in [9.17, 15) is 4.79 Å². The normalized spacial score (nSPS) is 16.5. The fourth-order valence-electron chi connectivity index (χ4n) is 4.45. The molecule has 1 aliphatic heterocycles. The average molecular weight is 409 g/mol. The van der Waals surface area contributed by atoms with Crippen LogP contribution in [0.4, 0.5) is 5.69 Å². The third-order valence-corrected chi connectivity index (χ3v) is 6.57. The highest BCUT2D eigenvalue weighted by atomic mass is 16.5. The minimum Gasteiger partial charge on any atom is -0.378 e. The highest BCUT2D eigenvalue weighted by Gasteiger charge is 2.40. The summed E-state index contributed by atoms with van der Waals surface area (Å²) in [6, 6.07) is 14.9. The molecule has 0 radical (unpaired) electrons. The van der Waals surface area contributed by atoms with Crippen LogP contribution in [0.1, 0.15) is 47.3 Å². The van der Waals surface area contributed by atoms with Crippen LogP contribution in [0.2, 0.25) is 0 Å². The Morgan fingerprint density at radius 2 is 1.73 bits per heavy atom. The van der Waals surface area contributed by atoms with Gasteiger partial charge in [-0.3, -0.25) is 9.69 Å². The molecule has 0 N–H and O–H groups in total. The Labute approximate surface area is 181 Å². The number of aryl methyl sites for hydroxylation is 2. The second kappa shape index (κ2) is 9.76. The van der Waals surface area contributed by atoms with Crippen LogP contribution in [-0.4, -0.2) is 56.6 Å². The van der Waals surface area contributed by atoms with E-state index in [0.29, 0.717) is 6.42 Å². The monoisotopic (exact) mass is 408 g/mol. The van der Waals surface area contributed by atoms with Gasteiger partial charge in [0.05, 0.1) is 18.8 Å². The molecule has 1 unspecified atom stereocenters. The predicted molar refractivity (Wildman–Crippen MR) is 125 cm³/mol. The number of hydrogen-bond acceptors (Lipinski definition) is 4. The van der Waals surface area contributed by atoms with Crippen molar-refractivity contribution in [3.8, 4) is 0 Å². The van der Waals surface area contributed by atoms with Gasteiger partial charge in [-0.25, -0.2) is 0 Å². The summed E-state index contributed by atoms with van der Waals surface area (Å²) in [5.41, 5.74) is 5.07. The van der Waals surface area contributed by atoms with Crippen molar-refractivity contribution in [1.82, 2.24) is 4.90 Å². The van der Waals surface area contributed by atoms with E-state index < -0.39 is 5.54 Å². The smallest absolute Gasteiger partial charge is 0.183 e. The quantitative estimate of drug-likeness (QED) is 0.601. The average Bonchev–Trinajstić information content (AvgIpc) is 2.78. The third kappa shape index (κ3) is 4.60. The lowest BCUT2D eigenvalue weighted by molar-refractivity contribution is 0.0665. The molecular formula is C26H36N2O2. The van der Waals surface area contributed by atoms with E-state index in [1.807, 2.05) is 14.1 Å². The van der Waals surface area contributed by atoms with Gasteiger partial charge in [-0.15, -0.1) is 0 Å². The Hall–Kier alpha value is -2.17. The molecule has 162 valence electrons. The van der Waals surface area contributed by atoms with Gasteiger partial charge in [0.1, 0.15) is 0 Å². The molecule has 4 nitrogen and oxygen atoms in total. The van der Waals surface area contributed by atoms with Crippen molar-refractivity contribution in [3.05, 3.63) is 64.7 Å². The Balaban J connectivity index is 1.96. The van der Waals surface area contributed by atoms with E-state index in [-0.39, 0.29) is 5.78 Å². The molecule has 1 aliphatic rings. The lowest BCUT2D eigenvalue weighted by Crippen LogP contribution is -2.52. The van der Waals surface area contributed by atoms with Crippen LogP contribution in [0.3, 0.4) is 0 Å². The van der Waals surface area contributed by atoms with Crippen LogP contribution >= 0.6 is 0 Å². The van der Waals surface area contributed by atoms with Gasteiger partial charge < -0.3 is 9.64 Å². The van der Waals surface area contributed by atoms with Crippen molar-refractivity contribution < 1.29 is 9.53 Å². The summed E-state index contributed by atoms with van der Waals surface area (Å²) in [7, 11) is 4.06. The van der Waals surface area contributed by atoms with E-state index in [4.69, 9.17) is 4.74 Å². The standard InChI is InChI=1S/C26H36N2O2/c1-6-22-18-23(28-14-16-30-17-15-28)12-13-24(22)25(29)26(7-2,27(4)5)19-21-10-8-20(3)9-11-21/h8-13,18H,6-7,14-17,19H2,1-5H3. The van der Waals surface area contributed by atoms with Gasteiger partial charge in [0.15, 0.2) is 5.78 Å². The van der Waals surface area contributed by atoms with E-state index in [2.05, 4.69) is 73.0 Å². The van der Waals surface area contributed by atoms with Crippen molar-refractivity contribution in [1.29, 1.82) is 0 Å². The van der Waals surface area contributed by atoms with Crippen LogP contribution in [-0.2, 0) is 17.6 Å². The van der Waals surface area contributed by atoms with Crippen molar-refractivity contribution in [3.63, 3.8) is 0 Å². The molecule has 1 heterocycles. The molecule has 0 aromatic heterocycles. The molecule has 2 aromatic rings. The molecule has 1 fully saturated rings. The summed E-state index contributed by atoms with van der Waals surface area (Å²) in [6.45, 7) is 9.69. The number of ether oxygens (including phenoxy) is 1. The first kappa shape index (κ1) is 22.5. The molecule has 1 atom stereocenters. The van der Waals surface area contributed by atoms with Gasteiger partial charge in [-0.1, -0.05) is 43.7 Å². The van der Waals surface area contributed by atoms with Crippen molar-refractivity contribution in [2.75, 3.05) is 45.3 Å². The van der Waals surface area contributed by atoms with Crippen LogP contribution in [0.15, 0.2) is 42.5 Å². The first-order valence-corrected chi connectivity index (χ1v) is 11.1. The van der Waals surface area contributed by atoms with Crippen LogP contribution < -0.4 is 4.90 Å². The second-order valence-corrected chi connectivity index (χ2v) is 8.57. The molecule has 3 rings (SSSR count). The number of carbonyl (C=O) groups is 1. The largest absolute Gasteiger partial charge is 0.378 e. The number of benzene rings is 2. The van der Waals surface area contributed by atoms with Crippen LogP contribution in [0.5, 0.6) is 0 Å². The molecule has 0 spiro atoms. The number of likely N-dealkylation sites (N-methyl/N-ethyl adjacent to an activating group) is 1.